The Kier molecular flexibility index (Phi) is 2.80. The molecule has 2 aliphatic rings. The van der Waals surface area contributed by atoms with Gasteiger partial charge in [-0.15, -0.1) is 0 Å². The zero-order valence-electron chi connectivity index (χ0n) is 7.95. The van der Waals surface area contributed by atoms with Crippen LogP contribution in [0.4, 0.5) is 0 Å². The van der Waals surface area contributed by atoms with E-state index in [-0.39, 0.29) is 6.23 Å². The van der Waals surface area contributed by atoms with Crippen molar-refractivity contribution < 1.29 is 9.57 Å². The Balaban J connectivity index is 1.63. The summed E-state index contributed by atoms with van der Waals surface area (Å²) in [6.07, 6.45) is 3.64. The molecular weight excluding hydrogens is 168 g/mol. The molecule has 1 unspecified atom stereocenters. The number of hydrogen-bond acceptors (Lipinski definition) is 4. The minimum atomic E-state index is 0.0887. The summed E-state index contributed by atoms with van der Waals surface area (Å²) in [6.45, 7) is 1.55. The summed E-state index contributed by atoms with van der Waals surface area (Å²) in [5.74, 6) is 0.731. The number of hydrogen-bond donors (Lipinski definition) is 1. The molecule has 0 aromatic rings. The molecule has 1 N–H and O–H groups in total. The Bertz CT molecular complexity index is 202. The largest absolute Gasteiger partial charge is 0.383 e. The van der Waals surface area contributed by atoms with Gasteiger partial charge in [-0.1, -0.05) is 5.16 Å². The number of ether oxygens (including phenoxy) is 1. The van der Waals surface area contributed by atoms with Gasteiger partial charge in [-0.25, -0.2) is 0 Å². The number of rotatable bonds is 5. The maximum atomic E-state index is 5.23. The average Bonchev–Trinajstić information content (AvgIpc) is 2.88. The van der Waals surface area contributed by atoms with E-state index in [1.807, 2.05) is 0 Å². The lowest BCUT2D eigenvalue weighted by atomic mass is 10.2. The van der Waals surface area contributed by atoms with E-state index >= 15 is 0 Å². The van der Waals surface area contributed by atoms with Crippen LogP contribution in [-0.2, 0) is 9.57 Å². The van der Waals surface area contributed by atoms with Crippen molar-refractivity contribution in [2.24, 2.45) is 11.1 Å². The minimum Gasteiger partial charge on any atom is -0.383 e. The molecular formula is C9H16N2O2. The van der Waals surface area contributed by atoms with Gasteiger partial charge in [0.25, 0.3) is 0 Å². The molecule has 4 heteroatoms. The fourth-order valence-corrected chi connectivity index (χ4v) is 1.48. The minimum absolute atomic E-state index is 0.0887. The smallest absolute Gasteiger partial charge is 0.184 e. The van der Waals surface area contributed by atoms with E-state index in [4.69, 9.17) is 9.57 Å². The van der Waals surface area contributed by atoms with E-state index in [1.54, 1.807) is 7.11 Å². The highest BCUT2D eigenvalue weighted by atomic mass is 16.7. The van der Waals surface area contributed by atoms with Crippen LogP contribution in [0.3, 0.4) is 0 Å². The van der Waals surface area contributed by atoms with Gasteiger partial charge in [0.2, 0.25) is 0 Å². The van der Waals surface area contributed by atoms with Crippen LogP contribution in [0.25, 0.3) is 0 Å². The average molecular weight is 184 g/mol. The summed E-state index contributed by atoms with van der Waals surface area (Å²) in [4.78, 5) is 5.23. The van der Waals surface area contributed by atoms with Crippen LogP contribution >= 0.6 is 0 Å². The van der Waals surface area contributed by atoms with Crippen molar-refractivity contribution in [2.45, 2.75) is 25.5 Å². The fraction of sp³-hybridized carbons (Fsp3) is 0.889. The molecule has 1 atom stereocenters. The van der Waals surface area contributed by atoms with Crippen molar-refractivity contribution in [3.8, 4) is 0 Å². The monoisotopic (exact) mass is 184 g/mol. The van der Waals surface area contributed by atoms with Gasteiger partial charge >= 0.3 is 0 Å². The molecule has 0 amide bonds. The second kappa shape index (κ2) is 4.07. The fourth-order valence-electron chi connectivity index (χ4n) is 1.48. The highest BCUT2D eigenvalue weighted by molar-refractivity contribution is 5.89. The van der Waals surface area contributed by atoms with E-state index < -0.39 is 0 Å². The first-order valence-electron chi connectivity index (χ1n) is 4.85. The van der Waals surface area contributed by atoms with Gasteiger partial charge in [0.15, 0.2) is 6.23 Å². The third-order valence-corrected chi connectivity index (χ3v) is 2.42. The third kappa shape index (κ3) is 2.42. The van der Waals surface area contributed by atoms with E-state index in [2.05, 4.69) is 10.5 Å². The summed E-state index contributed by atoms with van der Waals surface area (Å²) in [5.41, 5.74) is 1.25. The van der Waals surface area contributed by atoms with Crippen molar-refractivity contribution in [1.29, 1.82) is 0 Å². The topological polar surface area (TPSA) is 42.8 Å². The second-order valence-electron chi connectivity index (χ2n) is 3.60. The van der Waals surface area contributed by atoms with Crippen LogP contribution in [0.15, 0.2) is 5.16 Å². The van der Waals surface area contributed by atoms with Gasteiger partial charge in [0, 0.05) is 26.0 Å². The normalized spacial score (nSPS) is 27.2. The summed E-state index contributed by atoms with van der Waals surface area (Å²) in [6, 6.07) is 0. The SMILES string of the molecule is COCCNC1CC(C2CC2)=NO1. The number of oxime groups is 1. The Morgan fingerprint density at radius 3 is 3.15 bits per heavy atom. The molecule has 1 saturated carbocycles. The summed E-state index contributed by atoms with van der Waals surface area (Å²) < 4.78 is 4.93. The van der Waals surface area contributed by atoms with Crippen molar-refractivity contribution in [1.82, 2.24) is 5.32 Å². The van der Waals surface area contributed by atoms with Gasteiger partial charge in [0.1, 0.15) is 0 Å². The first kappa shape index (κ1) is 8.97. The Hall–Kier alpha value is -0.610. The molecule has 0 saturated heterocycles. The molecule has 4 nitrogen and oxygen atoms in total. The highest BCUT2D eigenvalue weighted by Crippen LogP contribution is 2.34. The van der Waals surface area contributed by atoms with Crippen LogP contribution in [0.1, 0.15) is 19.3 Å². The maximum Gasteiger partial charge on any atom is 0.184 e. The lowest BCUT2D eigenvalue weighted by Crippen LogP contribution is -2.31. The number of methoxy groups -OCH3 is 1. The summed E-state index contributed by atoms with van der Waals surface area (Å²) in [7, 11) is 1.70. The molecule has 0 radical (unpaired) electrons. The van der Waals surface area contributed by atoms with Crippen LogP contribution in [0.5, 0.6) is 0 Å². The van der Waals surface area contributed by atoms with E-state index in [1.165, 1.54) is 18.6 Å². The maximum absolute atomic E-state index is 5.23. The molecule has 0 spiro atoms. The first-order valence-corrected chi connectivity index (χ1v) is 4.85. The van der Waals surface area contributed by atoms with Gasteiger partial charge in [-0.05, 0) is 12.8 Å². The Morgan fingerprint density at radius 2 is 2.46 bits per heavy atom. The van der Waals surface area contributed by atoms with Crippen molar-refractivity contribution in [3.63, 3.8) is 0 Å². The van der Waals surface area contributed by atoms with Crippen LogP contribution in [0, 0.1) is 5.92 Å². The predicted molar refractivity (Wildman–Crippen MR) is 49.5 cm³/mol. The van der Waals surface area contributed by atoms with Crippen molar-refractivity contribution >= 4 is 5.71 Å². The van der Waals surface area contributed by atoms with Gasteiger partial charge in [0.05, 0.1) is 12.3 Å². The molecule has 74 valence electrons. The van der Waals surface area contributed by atoms with Crippen LogP contribution in [-0.4, -0.2) is 32.2 Å². The van der Waals surface area contributed by atoms with E-state index in [0.29, 0.717) is 0 Å². The van der Waals surface area contributed by atoms with E-state index in [0.717, 1.165) is 25.5 Å². The standard InChI is InChI=1S/C9H16N2O2/c1-12-5-4-10-9-6-8(11-13-9)7-2-3-7/h7,9-10H,2-6H2,1H3. The van der Waals surface area contributed by atoms with Gasteiger partial charge < -0.3 is 9.57 Å². The predicted octanol–water partition coefficient (Wildman–Crippen LogP) is 0.735. The molecule has 1 aliphatic heterocycles. The molecule has 0 aromatic carbocycles. The van der Waals surface area contributed by atoms with Crippen LogP contribution in [0.2, 0.25) is 0 Å². The van der Waals surface area contributed by atoms with Crippen LogP contribution < -0.4 is 5.32 Å². The highest BCUT2D eigenvalue weighted by Gasteiger charge is 2.33. The number of nitrogens with one attached hydrogen (secondary N) is 1. The first-order chi connectivity index (χ1) is 6.40. The Labute approximate surface area is 78.3 Å². The summed E-state index contributed by atoms with van der Waals surface area (Å²) >= 11 is 0. The quantitative estimate of drug-likeness (QED) is 0.641. The van der Waals surface area contributed by atoms with Crippen molar-refractivity contribution in [2.75, 3.05) is 20.3 Å². The third-order valence-electron chi connectivity index (χ3n) is 2.42. The molecule has 1 aliphatic carbocycles. The van der Waals surface area contributed by atoms with Crippen molar-refractivity contribution in [3.05, 3.63) is 0 Å². The Morgan fingerprint density at radius 1 is 1.62 bits per heavy atom. The zero-order chi connectivity index (χ0) is 9.10. The molecule has 1 heterocycles. The second-order valence-corrected chi connectivity index (χ2v) is 3.60. The van der Waals surface area contributed by atoms with Gasteiger partial charge in [-0.2, -0.15) is 0 Å². The lowest BCUT2D eigenvalue weighted by Gasteiger charge is -2.09. The molecule has 2 rings (SSSR count). The lowest BCUT2D eigenvalue weighted by molar-refractivity contribution is 0.0536. The summed E-state index contributed by atoms with van der Waals surface area (Å²) in [5, 5.41) is 7.30. The molecule has 13 heavy (non-hydrogen) atoms. The molecule has 1 fully saturated rings. The number of nitrogens with zero attached hydrogens (tertiary/aromatic N) is 1. The zero-order valence-corrected chi connectivity index (χ0v) is 7.95. The van der Waals surface area contributed by atoms with Gasteiger partial charge in [-0.3, -0.25) is 5.32 Å². The van der Waals surface area contributed by atoms with E-state index in [9.17, 15) is 0 Å². The molecule has 0 aromatic heterocycles. The molecule has 0 bridgehead atoms.